The molecule has 2 rings (SSSR count). The van der Waals surface area contributed by atoms with Gasteiger partial charge in [0, 0.05) is 0 Å². The van der Waals surface area contributed by atoms with E-state index in [-0.39, 0.29) is 34.3 Å². The first-order chi connectivity index (χ1) is 23.6. The molecule has 49 heavy (non-hydrogen) atoms. The number of nitrogens with two attached hydrogens (primary N) is 1. The number of rotatable bonds is 30. The quantitative estimate of drug-likeness (QED) is 0.0352. The van der Waals surface area contributed by atoms with E-state index in [1.807, 2.05) is 6.92 Å². The van der Waals surface area contributed by atoms with E-state index in [0.29, 0.717) is 24.1 Å². The Labute approximate surface area is 301 Å². The summed E-state index contributed by atoms with van der Waals surface area (Å²) in [6.07, 6.45) is 21.4. The smallest absolute Gasteiger partial charge is 0.432 e. The summed E-state index contributed by atoms with van der Waals surface area (Å²) in [5.74, 6) is 2.31. The van der Waals surface area contributed by atoms with Crippen molar-refractivity contribution in [3.63, 3.8) is 0 Å². The highest BCUT2D eigenvalue weighted by Gasteiger charge is 2.28. The Balaban J connectivity index is 1.63. The van der Waals surface area contributed by atoms with Crippen LogP contribution in [0.5, 0.6) is 0 Å². The molecule has 1 unspecified atom stereocenters. The van der Waals surface area contributed by atoms with Gasteiger partial charge in [-0.1, -0.05) is 102 Å². The molecular formula is C34H62N5O7PS2. The van der Waals surface area contributed by atoms with Crippen LogP contribution in [-0.2, 0) is 55.0 Å². The molecule has 0 amide bonds. The molecule has 0 saturated heterocycles. The summed E-state index contributed by atoms with van der Waals surface area (Å²) in [7, 11) is -3.82. The lowest BCUT2D eigenvalue weighted by molar-refractivity contribution is -0.0181. The lowest BCUT2D eigenvalue weighted by Crippen LogP contribution is -2.19. The molecule has 0 aliphatic carbocycles. The van der Waals surface area contributed by atoms with Gasteiger partial charge in [-0.05, 0) is 51.5 Å². The minimum atomic E-state index is -3.77. The first-order valence-electron chi connectivity index (χ1n) is 18.2. The van der Waals surface area contributed by atoms with E-state index in [1.54, 1.807) is 24.7 Å². The third kappa shape index (κ3) is 20.1. The van der Waals surface area contributed by atoms with Crippen molar-refractivity contribution < 1.29 is 32.6 Å². The SMILES string of the molecule is CCCCCCCCCCCCCCCCS(=S)CCCCO[P@](=O)(CO[C@H](C)Cn1cnc2c(N)ncnc21)OCOC(=O)OC(C)C. The molecule has 12 nitrogen and oxygen atoms in total. The van der Waals surface area contributed by atoms with Crippen LogP contribution < -0.4 is 5.73 Å². The van der Waals surface area contributed by atoms with Crippen LogP contribution >= 0.6 is 7.60 Å². The minimum absolute atomic E-state index is 0.0563. The van der Waals surface area contributed by atoms with Crippen molar-refractivity contribution in [2.45, 2.75) is 149 Å². The highest BCUT2D eigenvalue weighted by Crippen LogP contribution is 2.48. The average molecular weight is 748 g/mol. The molecule has 2 aromatic heterocycles. The lowest BCUT2D eigenvalue weighted by atomic mass is 10.0. The molecule has 0 aliphatic heterocycles. The first kappa shape index (κ1) is 43.5. The minimum Gasteiger partial charge on any atom is -0.432 e. The molecule has 2 N–H and O–H groups in total. The summed E-state index contributed by atoms with van der Waals surface area (Å²) in [5.41, 5.74) is 6.95. The number of aromatic nitrogens is 4. The second-order valence-corrected chi connectivity index (χ2v) is 17.9. The zero-order chi connectivity index (χ0) is 35.7. The molecule has 3 atom stereocenters. The fraction of sp³-hybridized carbons (Fsp3) is 0.824. The summed E-state index contributed by atoms with van der Waals surface area (Å²) < 4.78 is 42.2. The number of carbonyl (C=O) groups is 1. The van der Waals surface area contributed by atoms with Gasteiger partial charge in [0.25, 0.3) is 0 Å². The predicted octanol–water partition coefficient (Wildman–Crippen LogP) is 8.86. The van der Waals surface area contributed by atoms with Crippen molar-refractivity contribution in [1.29, 1.82) is 0 Å². The topological polar surface area (TPSA) is 150 Å². The first-order valence-corrected chi connectivity index (χ1v) is 22.4. The number of imidazole rings is 1. The van der Waals surface area contributed by atoms with Gasteiger partial charge in [0.05, 0.1) is 31.7 Å². The highest BCUT2D eigenvalue weighted by atomic mass is 32.8. The highest BCUT2D eigenvalue weighted by molar-refractivity contribution is 8.28. The third-order valence-corrected chi connectivity index (χ3v) is 12.0. The molecule has 0 fully saturated rings. The van der Waals surface area contributed by atoms with E-state index in [9.17, 15) is 9.36 Å². The van der Waals surface area contributed by atoms with Crippen LogP contribution in [0.25, 0.3) is 11.2 Å². The average Bonchev–Trinajstić information content (AvgIpc) is 3.47. The van der Waals surface area contributed by atoms with Gasteiger partial charge < -0.3 is 29.0 Å². The Morgan fingerprint density at radius 1 is 0.878 bits per heavy atom. The van der Waals surface area contributed by atoms with Gasteiger partial charge in [0.1, 0.15) is 18.2 Å². The number of unbranched alkanes of at least 4 members (excludes halogenated alkanes) is 14. The van der Waals surface area contributed by atoms with E-state index in [4.69, 9.17) is 40.2 Å². The molecular weight excluding hydrogens is 686 g/mol. The van der Waals surface area contributed by atoms with Gasteiger partial charge in [-0.25, -0.2) is 19.7 Å². The van der Waals surface area contributed by atoms with E-state index >= 15 is 0 Å². The summed E-state index contributed by atoms with van der Waals surface area (Å²) in [4.78, 5) is 24.2. The van der Waals surface area contributed by atoms with Gasteiger partial charge in [-0.15, -0.1) is 9.45 Å². The summed E-state index contributed by atoms with van der Waals surface area (Å²) >= 11 is 5.72. The number of nitrogen functional groups attached to an aromatic ring is 1. The molecule has 2 aromatic rings. The van der Waals surface area contributed by atoms with Crippen molar-refractivity contribution in [2.24, 2.45) is 0 Å². The molecule has 0 radical (unpaired) electrons. The van der Waals surface area contributed by atoms with Crippen molar-refractivity contribution in [3.05, 3.63) is 12.7 Å². The van der Waals surface area contributed by atoms with E-state index < -0.39 is 26.6 Å². The number of nitrogens with zero attached hydrogens (tertiary/aromatic N) is 4. The van der Waals surface area contributed by atoms with Gasteiger partial charge in [0.2, 0.25) is 6.79 Å². The number of ether oxygens (including phenoxy) is 3. The van der Waals surface area contributed by atoms with E-state index in [2.05, 4.69) is 21.9 Å². The number of carbonyl (C=O) groups excluding carboxylic acids is 1. The third-order valence-electron chi connectivity index (χ3n) is 7.94. The van der Waals surface area contributed by atoms with Gasteiger partial charge in [0.15, 0.2) is 11.5 Å². The Hall–Kier alpha value is -1.70. The maximum atomic E-state index is 13.6. The molecule has 0 aromatic carbocycles. The van der Waals surface area contributed by atoms with Crippen molar-refractivity contribution >= 4 is 51.4 Å². The second kappa shape index (κ2) is 26.1. The predicted molar refractivity (Wildman–Crippen MR) is 201 cm³/mol. The number of hydrogen-bond donors (Lipinski definition) is 1. The normalized spacial score (nSPS) is 14.2. The molecule has 2 heterocycles. The van der Waals surface area contributed by atoms with Gasteiger partial charge in [-0.3, -0.25) is 9.09 Å². The van der Waals surface area contributed by atoms with Crippen LogP contribution in [0.3, 0.4) is 0 Å². The Morgan fingerprint density at radius 2 is 1.47 bits per heavy atom. The zero-order valence-corrected chi connectivity index (χ0v) is 32.9. The monoisotopic (exact) mass is 747 g/mol. The fourth-order valence-corrected chi connectivity index (χ4v) is 8.45. The lowest BCUT2D eigenvalue weighted by Gasteiger charge is -2.21. The Kier molecular flexibility index (Phi) is 23.2. The van der Waals surface area contributed by atoms with Crippen molar-refractivity contribution in [1.82, 2.24) is 19.5 Å². The molecule has 15 heteroatoms. The van der Waals surface area contributed by atoms with Crippen LogP contribution in [0.15, 0.2) is 12.7 Å². The van der Waals surface area contributed by atoms with Gasteiger partial charge >= 0.3 is 13.8 Å². The van der Waals surface area contributed by atoms with Crippen LogP contribution in [0.4, 0.5) is 10.6 Å². The van der Waals surface area contributed by atoms with Crippen LogP contribution in [0.1, 0.15) is 130 Å². The Bertz CT molecular complexity index is 1250. The number of anilines is 1. The standard InChI is InChI=1S/C34H62N5O7PS2/c1-5-6-7-8-9-10-11-12-13-14-15-16-17-19-22-49(48)23-20-18-21-44-47(41,45-27-42-34(40)46-29(2)3)28-43-30(4)24-39-26-38-31-32(35)36-25-37-33(31)39/h25-26,29-30H,5-24,27-28H2,1-4H3,(H2,35,36,37)/t30-,47-,49?/m1/s1. The maximum Gasteiger partial charge on any atom is 0.510 e. The van der Waals surface area contributed by atoms with Crippen LogP contribution in [0, 0.1) is 0 Å². The largest absolute Gasteiger partial charge is 0.510 e. The van der Waals surface area contributed by atoms with E-state index in [0.717, 1.165) is 17.9 Å². The number of fused-ring (bicyclic) bond motifs is 1. The second-order valence-electron chi connectivity index (χ2n) is 12.8. The van der Waals surface area contributed by atoms with Crippen molar-refractivity contribution in [3.8, 4) is 0 Å². The molecule has 0 bridgehead atoms. The summed E-state index contributed by atoms with van der Waals surface area (Å²) in [6, 6.07) is 0. The van der Waals surface area contributed by atoms with E-state index in [1.165, 1.54) is 96.2 Å². The fourth-order valence-electron chi connectivity index (χ4n) is 5.20. The van der Waals surface area contributed by atoms with Gasteiger partial charge in [-0.2, -0.15) is 0 Å². The summed E-state index contributed by atoms with van der Waals surface area (Å²) in [6.45, 7) is 7.47. The molecule has 0 spiro atoms. The van der Waals surface area contributed by atoms with Crippen molar-refractivity contribution in [2.75, 3.05) is 37.0 Å². The van der Waals surface area contributed by atoms with Crippen LogP contribution in [0.2, 0.25) is 0 Å². The van der Waals surface area contributed by atoms with Crippen LogP contribution in [-0.4, -0.2) is 69.1 Å². The molecule has 0 aliphatic rings. The summed E-state index contributed by atoms with van der Waals surface area (Å²) in [5, 5.41) is 0. The number of hydrogen-bond acceptors (Lipinski definition) is 12. The maximum absolute atomic E-state index is 13.6. The molecule has 282 valence electrons. The Morgan fingerprint density at radius 3 is 2.08 bits per heavy atom. The molecule has 0 saturated carbocycles. The zero-order valence-electron chi connectivity index (χ0n) is 30.4.